The van der Waals surface area contributed by atoms with E-state index in [2.05, 4.69) is 39.3 Å². The summed E-state index contributed by atoms with van der Waals surface area (Å²) in [6, 6.07) is 2.42. The van der Waals surface area contributed by atoms with Crippen LogP contribution in [0.1, 0.15) is 124 Å². The normalized spacial score (nSPS) is 11.9. The maximum Gasteiger partial charge on any atom is 0.311 e. The molecule has 0 aromatic heterocycles. The van der Waals surface area contributed by atoms with Crippen molar-refractivity contribution in [2.75, 3.05) is 6.61 Å². The molecule has 1 N–H and O–H groups in total. The van der Waals surface area contributed by atoms with E-state index in [9.17, 15) is 9.59 Å². The Morgan fingerprint density at radius 3 is 1.28 bits per heavy atom. The summed E-state index contributed by atoms with van der Waals surface area (Å²) in [5, 5.41) is 8.68. The van der Waals surface area contributed by atoms with E-state index in [0.29, 0.717) is 19.5 Å². The first-order valence-electron chi connectivity index (χ1n) is 15.1. The van der Waals surface area contributed by atoms with Crippen LogP contribution in [0.2, 0.25) is 51.4 Å². The van der Waals surface area contributed by atoms with Gasteiger partial charge in [0.1, 0.15) is 0 Å². The molecule has 0 unspecified atom stereocenters. The van der Waals surface area contributed by atoms with Gasteiger partial charge in [-0.3, -0.25) is 9.59 Å². The van der Waals surface area contributed by atoms with E-state index >= 15 is 0 Å². The third-order valence-electron chi connectivity index (χ3n) is 6.82. The number of carbonyl (C=O) groups is 2. The number of unbranched alkanes of at least 4 members (excludes halogenated alkanes) is 14. The number of ether oxygens (including phenoxy) is 1. The van der Waals surface area contributed by atoms with Crippen molar-refractivity contribution in [1.29, 1.82) is 0 Å². The van der Waals surface area contributed by atoms with E-state index in [1.165, 1.54) is 82.7 Å². The monoisotopic (exact) mass is 608 g/mol. The van der Waals surface area contributed by atoms with Crippen molar-refractivity contribution >= 4 is 37.6 Å². The Kier molecular flexibility index (Phi) is 27.8. The third kappa shape index (κ3) is 30.3. The number of hydrogen-bond donors (Lipinski definition) is 1. The van der Waals surface area contributed by atoms with Crippen LogP contribution in [-0.4, -0.2) is 49.4 Å². The minimum Gasteiger partial charge on any atom is -0.481 e. The number of aliphatic carboxylic acids is 1. The molecule has 236 valence electrons. The number of carboxylic acid groups (broad SMARTS) is 1. The Hall–Kier alpha value is -0.489. The molecule has 0 saturated heterocycles. The van der Waals surface area contributed by atoms with Gasteiger partial charge >= 0.3 is 14.5 Å². The fourth-order valence-corrected chi connectivity index (χ4v) is 19.4. The van der Waals surface area contributed by atoms with Crippen LogP contribution in [0.5, 0.6) is 0 Å². The molecular weight excluding hydrogens is 541 g/mol. The van der Waals surface area contributed by atoms with Crippen LogP contribution in [0.4, 0.5) is 0 Å². The van der Waals surface area contributed by atoms with E-state index in [1.54, 1.807) is 0 Å². The fourth-order valence-electron chi connectivity index (χ4n) is 5.19. The van der Waals surface area contributed by atoms with Gasteiger partial charge in [0.15, 0.2) is 16.6 Å². The Morgan fingerprint density at radius 1 is 0.590 bits per heavy atom. The second-order valence-corrected chi connectivity index (χ2v) is 24.9. The van der Waals surface area contributed by atoms with Crippen LogP contribution in [0.15, 0.2) is 0 Å². The van der Waals surface area contributed by atoms with Gasteiger partial charge in [0, 0.05) is 6.42 Å². The predicted octanol–water partition coefficient (Wildman–Crippen LogP) is 10.3. The quantitative estimate of drug-likeness (QED) is 0.0567. The zero-order valence-corrected chi connectivity index (χ0v) is 28.2. The molecule has 0 aliphatic rings. The van der Waals surface area contributed by atoms with Crippen LogP contribution >= 0.6 is 0 Å². The van der Waals surface area contributed by atoms with Gasteiger partial charge in [-0.1, -0.05) is 105 Å². The number of carboxylic acids is 1. The minimum absolute atomic E-state index is 0. The van der Waals surface area contributed by atoms with Gasteiger partial charge in [-0.25, -0.2) is 0 Å². The Labute approximate surface area is 246 Å². The van der Waals surface area contributed by atoms with E-state index in [1.807, 2.05) is 0 Å². The first-order valence-corrected chi connectivity index (χ1v) is 24.1. The molecule has 0 rings (SSSR count). The molecule has 0 amide bonds. The Balaban J connectivity index is -0.00000648. The van der Waals surface area contributed by atoms with Gasteiger partial charge in [0.2, 0.25) is 0 Å². The number of rotatable bonds is 27. The standard InChI is InChI=1S/C28H60O6Si3.2CH4/c1-35(2,25-21-17-13-9-7-11-15-19-23-28(30)31)33-37(5,6)34-36(3,4)26-22-18-14-10-8-12-16-20-24-32-27-29;;/h27H,7-26H2,1-6H3,(H,30,31);2*1H4. The van der Waals surface area contributed by atoms with Gasteiger partial charge in [0.25, 0.3) is 6.47 Å². The molecule has 0 aromatic carbocycles. The molecule has 0 spiro atoms. The molecule has 0 radical (unpaired) electrons. The van der Waals surface area contributed by atoms with Crippen molar-refractivity contribution in [2.24, 2.45) is 0 Å². The van der Waals surface area contributed by atoms with Crippen molar-refractivity contribution in [3.05, 3.63) is 0 Å². The second-order valence-electron chi connectivity index (χ2n) is 12.4. The molecular formula is C30H68O6Si3. The molecule has 6 nitrogen and oxygen atoms in total. The lowest BCUT2D eigenvalue weighted by molar-refractivity contribution is -0.137. The highest BCUT2D eigenvalue weighted by atomic mass is 28.5. The summed E-state index contributed by atoms with van der Waals surface area (Å²) in [5.41, 5.74) is 0. The molecule has 0 saturated carbocycles. The van der Waals surface area contributed by atoms with Crippen molar-refractivity contribution in [3.63, 3.8) is 0 Å². The third-order valence-corrected chi connectivity index (χ3v) is 18.3. The average Bonchev–Trinajstić information content (AvgIpc) is 2.76. The zero-order chi connectivity index (χ0) is 28.0. The van der Waals surface area contributed by atoms with E-state index in [0.717, 1.165) is 32.1 Å². The molecule has 0 aliphatic heterocycles. The van der Waals surface area contributed by atoms with E-state index in [-0.39, 0.29) is 14.9 Å². The molecule has 0 heterocycles. The van der Waals surface area contributed by atoms with Crippen LogP contribution in [-0.2, 0) is 22.6 Å². The highest BCUT2D eigenvalue weighted by molar-refractivity contribution is 6.87. The highest BCUT2D eigenvalue weighted by Crippen LogP contribution is 2.27. The van der Waals surface area contributed by atoms with Crippen LogP contribution in [0, 0.1) is 0 Å². The van der Waals surface area contributed by atoms with E-state index in [4.69, 9.17) is 18.1 Å². The summed E-state index contributed by atoms with van der Waals surface area (Å²) in [6.45, 7) is 15.0. The van der Waals surface area contributed by atoms with Gasteiger partial charge in [-0.05, 0) is 64.2 Å². The largest absolute Gasteiger partial charge is 0.481 e. The minimum atomic E-state index is -2.13. The molecule has 9 heteroatoms. The molecule has 0 fully saturated rings. The summed E-state index contributed by atoms with van der Waals surface area (Å²) in [6.07, 6.45) is 19.4. The smallest absolute Gasteiger partial charge is 0.311 e. The molecule has 0 aliphatic carbocycles. The summed E-state index contributed by atoms with van der Waals surface area (Å²) < 4.78 is 18.3. The number of carbonyl (C=O) groups excluding carboxylic acids is 1. The Morgan fingerprint density at radius 2 is 0.923 bits per heavy atom. The summed E-state index contributed by atoms with van der Waals surface area (Å²) in [7, 11) is -5.57. The van der Waals surface area contributed by atoms with Gasteiger partial charge in [-0.15, -0.1) is 0 Å². The predicted molar refractivity (Wildman–Crippen MR) is 176 cm³/mol. The average molecular weight is 609 g/mol. The summed E-state index contributed by atoms with van der Waals surface area (Å²) in [4.78, 5) is 20.7. The lowest BCUT2D eigenvalue weighted by Gasteiger charge is -2.39. The van der Waals surface area contributed by atoms with Gasteiger partial charge in [-0.2, -0.15) is 0 Å². The van der Waals surface area contributed by atoms with Crippen molar-refractivity contribution < 1.29 is 27.7 Å². The van der Waals surface area contributed by atoms with Crippen molar-refractivity contribution in [1.82, 2.24) is 0 Å². The summed E-state index contributed by atoms with van der Waals surface area (Å²) >= 11 is 0. The Bertz CT molecular complexity index is 585. The highest BCUT2D eigenvalue weighted by Gasteiger charge is 2.39. The maximum absolute atomic E-state index is 10.5. The zero-order valence-electron chi connectivity index (χ0n) is 25.2. The second kappa shape index (κ2) is 25.2. The molecule has 0 aromatic rings. The topological polar surface area (TPSA) is 82.1 Å². The number of hydrogen-bond acceptors (Lipinski definition) is 5. The van der Waals surface area contributed by atoms with Crippen molar-refractivity contribution in [2.45, 2.75) is 175 Å². The van der Waals surface area contributed by atoms with Gasteiger partial charge in [0.05, 0.1) is 6.61 Å². The van der Waals surface area contributed by atoms with Crippen LogP contribution < -0.4 is 0 Å². The SMILES string of the molecule is C.C.C[Si](C)(CCCCCCCCCCOC=O)O[Si](C)(C)O[Si](C)(C)CCCCCCCCCCC(=O)O. The van der Waals surface area contributed by atoms with E-state index < -0.39 is 31.2 Å². The molecule has 0 bridgehead atoms. The fraction of sp³-hybridized carbons (Fsp3) is 0.933. The lowest BCUT2D eigenvalue weighted by atomic mass is 10.1. The summed E-state index contributed by atoms with van der Waals surface area (Å²) in [5.74, 6) is -0.675. The van der Waals surface area contributed by atoms with Crippen molar-refractivity contribution in [3.8, 4) is 0 Å². The molecule has 0 atom stereocenters. The van der Waals surface area contributed by atoms with Crippen LogP contribution in [0.25, 0.3) is 0 Å². The lowest BCUT2D eigenvalue weighted by Crippen LogP contribution is -2.52. The first kappa shape index (κ1) is 43.0. The van der Waals surface area contributed by atoms with Crippen LogP contribution in [0.3, 0.4) is 0 Å². The van der Waals surface area contributed by atoms with Gasteiger partial charge < -0.3 is 18.1 Å². The first-order chi connectivity index (χ1) is 17.4. The molecule has 39 heavy (non-hydrogen) atoms. The maximum atomic E-state index is 10.5.